The van der Waals surface area contributed by atoms with E-state index >= 15 is 0 Å². The first-order valence-electron chi connectivity index (χ1n) is 9.90. The summed E-state index contributed by atoms with van der Waals surface area (Å²) in [6.45, 7) is 7.42. The summed E-state index contributed by atoms with van der Waals surface area (Å²) in [4.78, 5) is 2.66. The zero-order chi connectivity index (χ0) is 19.2. The van der Waals surface area contributed by atoms with E-state index < -0.39 is 0 Å². The number of nitrogens with zero attached hydrogens (tertiary/aromatic N) is 1. The third-order valence-electron chi connectivity index (χ3n) is 6.08. The number of halogens is 1. The van der Waals surface area contributed by atoms with Crippen LogP contribution in [0, 0.1) is 19.8 Å². The Balaban J connectivity index is 1.55. The van der Waals surface area contributed by atoms with E-state index in [1.807, 2.05) is 7.11 Å². The van der Waals surface area contributed by atoms with Crippen LogP contribution < -0.4 is 0 Å². The number of aryl methyl sites for hydroxylation is 2. The van der Waals surface area contributed by atoms with Gasteiger partial charge in [0, 0.05) is 62.4 Å². The Bertz CT molecular complexity index is 616. The van der Waals surface area contributed by atoms with Crippen molar-refractivity contribution in [2.45, 2.75) is 45.3 Å². The molecule has 0 saturated carbocycles. The predicted octanol–water partition coefficient (Wildman–Crippen LogP) is 4.95. The minimum absolute atomic E-state index is 0.290. The number of piperidine rings is 1. The lowest BCUT2D eigenvalue weighted by Crippen LogP contribution is -2.48. The second kappa shape index (κ2) is 10.5. The normalized spacial score (nSPS) is 25.3. The Morgan fingerprint density at radius 3 is 2.81 bits per heavy atom. The third kappa shape index (κ3) is 5.41. The van der Waals surface area contributed by atoms with Gasteiger partial charge in [0.25, 0.3) is 0 Å². The van der Waals surface area contributed by atoms with Crippen molar-refractivity contribution >= 4 is 23.9 Å². The molecule has 27 heavy (non-hydrogen) atoms. The maximum absolute atomic E-state index is 12.0. The summed E-state index contributed by atoms with van der Waals surface area (Å²) in [5.41, 5.74) is 5.84. The number of hydrogen-bond donors (Lipinski definition) is 0. The Kier molecular flexibility index (Phi) is 8.33. The van der Waals surface area contributed by atoms with Gasteiger partial charge < -0.3 is 9.47 Å². The Labute approximate surface area is 172 Å². The first kappa shape index (κ1) is 21.4. The highest BCUT2D eigenvalue weighted by Gasteiger charge is 2.38. The molecule has 2 heterocycles. The lowest BCUT2D eigenvalue weighted by atomic mass is 9.80. The van der Waals surface area contributed by atoms with E-state index in [-0.39, 0.29) is 6.10 Å². The Morgan fingerprint density at radius 2 is 2.04 bits per heavy atom. The van der Waals surface area contributed by atoms with Crippen LogP contribution in [0.2, 0.25) is 0 Å². The van der Waals surface area contributed by atoms with Gasteiger partial charge in [0.15, 0.2) is 0 Å². The maximum Gasteiger partial charge on any atom is 0.0921 e. The number of hydrogen-bond acceptors (Lipinski definition) is 5. The highest BCUT2D eigenvalue weighted by molar-refractivity contribution is 8.01. The molecule has 1 saturated heterocycles. The number of rotatable bonds is 9. The average Bonchev–Trinajstić information content (AvgIpc) is 2.67. The molecule has 152 valence electrons. The lowest BCUT2D eigenvalue weighted by molar-refractivity contribution is -0.0458. The molecule has 0 aliphatic carbocycles. The number of thioether (sulfide) groups is 1. The van der Waals surface area contributed by atoms with Gasteiger partial charge in [-0.25, -0.2) is 0 Å². The van der Waals surface area contributed by atoms with E-state index in [1.54, 1.807) is 11.8 Å². The number of fused-ring (bicyclic) bond motifs is 3. The van der Waals surface area contributed by atoms with E-state index in [1.165, 1.54) is 22.3 Å². The quantitative estimate of drug-likeness (QED) is 0.421. The van der Waals surface area contributed by atoms with Crippen molar-refractivity contribution in [1.82, 2.24) is 4.90 Å². The molecule has 2 aliphatic heterocycles. The van der Waals surface area contributed by atoms with Gasteiger partial charge in [0.2, 0.25) is 0 Å². The van der Waals surface area contributed by atoms with E-state index in [0.29, 0.717) is 35.8 Å². The molecule has 0 aromatic heterocycles. The fourth-order valence-electron chi connectivity index (χ4n) is 4.44. The number of ether oxygens (including phenoxy) is 2. The van der Waals surface area contributed by atoms with Crippen molar-refractivity contribution in [3.8, 4) is 0 Å². The van der Waals surface area contributed by atoms with Gasteiger partial charge in [0.1, 0.15) is 0 Å². The largest absolute Gasteiger partial charge is 0.381 e. The number of benzene rings is 1. The summed E-state index contributed by atoms with van der Waals surface area (Å²) in [6.07, 6.45) is 3.54. The number of methoxy groups -OCH3 is 1. The zero-order valence-corrected chi connectivity index (χ0v) is 18.3. The van der Waals surface area contributed by atoms with Crippen molar-refractivity contribution in [2.75, 3.05) is 44.3 Å². The SMILES string of the molecule is CO[C@H]1C[C@H]2c3cc(C)c(C)cc3CCN2C[C@@H]1CCOCSCCSF. The van der Waals surface area contributed by atoms with Crippen LogP contribution in [0.5, 0.6) is 0 Å². The topological polar surface area (TPSA) is 21.7 Å². The molecule has 0 spiro atoms. The first-order chi connectivity index (χ1) is 13.1. The van der Waals surface area contributed by atoms with Crippen LogP contribution >= 0.6 is 23.9 Å². The van der Waals surface area contributed by atoms with Crippen LogP contribution in [0.15, 0.2) is 12.1 Å². The Hall–Kier alpha value is -0.270. The molecule has 3 atom stereocenters. The summed E-state index contributed by atoms with van der Waals surface area (Å²) in [5, 5.41) is 0. The predicted molar refractivity (Wildman–Crippen MR) is 114 cm³/mol. The smallest absolute Gasteiger partial charge is 0.0921 e. The molecule has 0 N–H and O–H groups in total. The highest BCUT2D eigenvalue weighted by Crippen LogP contribution is 2.41. The minimum Gasteiger partial charge on any atom is -0.381 e. The van der Waals surface area contributed by atoms with Gasteiger partial charge >= 0.3 is 0 Å². The summed E-state index contributed by atoms with van der Waals surface area (Å²) < 4.78 is 23.7. The lowest BCUT2D eigenvalue weighted by Gasteiger charge is -2.47. The van der Waals surface area contributed by atoms with E-state index in [2.05, 4.69) is 30.9 Å². The summed E-state index contributed by atoms with van der Waals surface area (Å²) in [6, 6.07) is 5.29. The molecule has 3 nitrogen and oxygen atoms in total. The van der Waals surface area contributed by atoms with Crippen molar-refractivity contribution in [3.05, 3.63) is 34.4 Å². The molecule has 0 radical (unpaired) electrons. The molecule has 1 aromatic rings. The second-order valence-electron chi connectivity index (χ2n) is 7.70. The molecule has 1 aromatic carbocycles. The Morgan fingerprint density at radius 1 is 1.22 bits per heavy atom. The first-order valence-corrected chi connectivity index (χ1v) is 11.9. The van der Waals surface area contributed by atoms with Crippen molar-refractivity contribution < 1.29 is 13.4 Å². The summed E-state index contributed by atoms with van der Waals surface area (Å²) in [7, 11) is 1.85. The maximum atomic E-state index is 12.0. The standard InChI is InChI=1S/C21H32FNO2S2/c1-15-10-17-4-6-23-13-18(5-7-25-14-26-8-9-27-22)21(24-3)12-20(23)19(17)11-16(15)2/h10-11,18,20-21H,4-9,12-14H2,1-3H3/t18-,20-,21-/m0/s1. The summed E-state index contributed by atoms with van der Waals surface area (Å²) in [5.74, 6) is 2.52. The van der Waals surface area contributed by atoms with Gasteiger partial charge in [-0.1, -0.05) is 12.1 Å². The zero-order valence-electron chi connectivity index (χ0n) is 16.7. The van der Waals surface area contributed by atoms with Gasteiger partial charge in [-0.15, -0.1) is 11.8 Å². The van der Waals surface area contributed by atoms with Crippen molar-refractivity contribution in [3.63, 3.8) is 0 Å². The molecule has 0 amide bonds. The van der Waals surface area contributed by atoms with Crippen molar-refractivity contribution in [1.29, 1.82) is 0 Å². The van der Waals surface area contributed by atoms with Gasteiger partial charge in [-0.05, 0) is 55.4 Å². The minimum atomic E-state index is 0.290. The van der Waals surface area contributed by atoms with Gasteiger partial charge in [-0.2, -0.15) is 3.89 Å². The molecule has 6 heteroatoms. The van der Waals surface area contributed by atoms with Crippen LogP contribution in [0.4, 0.5) is 3.89 Å². The van der Waals surface area contributed by atoms with E-state index in [9.17, 15) is 3.89 Å². The summed E-state index contributed by atoms with van der Waals surface area (Å²) >= 11 is 2.06. The van der Waals surface area contributed by atoms with Crippen LogP contribution in [-0.2, 0) is 15.9 Å². The molecule has 1 fully saturated rings. The average molecular weight is 414 g/mol. The molecule has 0 unspecified atom stereocenters. The van der Waals surface area contributed by atoms with E-state index in [0.717, 1.165) is 44.7 Å². The van der Waals surface area contributed by atoms with Crippen LogP contribution in [0.3, 0.4) is 0 Å². The molecule has 3 rings (SSSR count). The monoisotopic (exact) mass is 413 g/mol. The fourth-order valence-corrected chi connectivity index (χ4v) is 5.51. The highest BCUT2D eigenvalue weighted by atomic mass is 32.2. The molecule has 2 aliphatic rings. The van der Waals surface area contributed by atoms with Crippen LogP contribution in [0.25, 0.3) is 0 Å². The van der Waals surface area contributed by atoms with Crippen LogP contribution in [0.1, 0.15) is 41.1 Å². The van der Waals surface area contributed by atoms with E-state index in [4.69, 9.17) is 9.47 Å². The molecular formula is C21H32FNO2S2. The molecule has 0 bridgehead atoms. The van der Waals surface area contributed by atoms with Gasteiger partial charge in [-0.3, -0.25) is 4.90 Å². The van der Waals surface area contributed by atoms with Crippen LogP contribution in [-0.4, -0.2) is 55.3 Å². The van der Waals surface area contributed by atoms with Gasteiger partial charge in [0.05, 0.1) is 12.0 Å². The second-order valence-corrected chi connectivity index (χ2v) is 9.38. The van der Waals surface area contributed by atoms with Crippen molar-refractivity contribution in [2.24, 2.45) is 5.92 Å². The molecular weight excluding hydrogens is 381 g/mol. The third-order valence-corrected chi connectivity index (χ3v) is 7.52. The fraction of sp³-hybridized carbons (Fsp3) is 0.714.